The van der Waals surface area contributed by atoms with E-state index in [9.17, 15) is 5.11 Å². The van der Waals surface area contributed by atoms with Gasteiger partial charge < -0.3 is 14.9 Å². The fraction of sp³-hybridized carbons (Fsp3) is 0.833. The van der Waals surface area contributed by atoms with Gasteiger partial charge in [0.1, 0.15) is 0 Å². The lowest BCUT2D eigenvalue weighted by atomic mass is 9.94. The largest absolute Gasteiger partial charge is 0.379 e. The molecule has 5 nitrogen and oxygen atoms in total. The van der Waals surface area contributed by atoms with Crippen LogP contribution in [0.1, 0.15) is 38.4 Å². The van der Waals surface area contributed by atoms with Crippen molar-refractivity contribution >= 4 is 11.8 Å². The molecule has 1 aliphatic heterocycles. The number of β-amino-alcohol motifs (C(OH)–C–C–N with tert-alkyl or cyclic N) is 1. The second-order valence-corrected chi connectivity index (χ2v) is 6.27. The third-order valence-electron chi connectivity index (χ3n) is 2.91. The molecule has 1 aromatic heterocycles. The van der Waals surface area contributed by atoms with Crippen LogP contribution in [0.15, 0.2) is 4.52 Å². The molecule has 1 unspecified atom stereocenters. The highest BCUT2D eigenvalue weighted by Gasteiger charge is 2.36. The highest BCUT2D eigenvalue weighted by atomic mass is 32.2. The molecule has 2 N–H and O–H groups in total. The fourth-order valence-corrected chi connectivity index (χ4v) is 2.85. The SMILES string of the molecule is CC(C)CSCc1noc(C2(O)CCCNC2)n1. The number of rotatable bonds is 5. The normalized spacial score (nSPS) is 24.7. The van der Waals surface area contributed by atoms with E-state index in [-0.39, 0.29) is 0 Å². The molecule has 0 bridgehead atoms. The smallest absolute Gasteiger partial charge is 0.259 e. The Kier molecular flexibility index (Phi) is 4.64. The van der Waals surface area contributed by atoms with Gasteiger partial charge in [-0.2, -0.15) is 16.7 Å². The lowest BCUT2D eigenvalue weighted by Gasteiger charge is -2.28. The van der Waals surface area contributed by atoms with Crippen LogP contribution in [0.25, 0.3) is 0 Å². The molecule has 6 heteroatoms. The van der Waals surface area contributed by atoms with Crippen molar-refractivity contribution in [3.8, 4) is 0 Å². The standard InChI is InChI=1S/C12H21N3O2S/c1-9(2)6-18-7-10-14-11(17-15-10)12(16)4-3-5-13-8-12/h9,13,16H,3-8H2,1-2H3. The van der Waals surface area contributed by atoms with Gasteiger partial charge in [-0.1, -0.05) is 19.0 Å². The summed E-state index contributed by atoms with van der Waals surface area (Å²) in [5, 5.41) is 17.5. The Morgan fingerprint density at radius 1 is 1.56 bits per heavy atom. The van der Waals surface area contributed by atoms with E-state index >= 15 is 0 Å². The van der Waals surface area contributed by atoms with Crippen LogP contribution in [0.2, 0.25) is 0 Å². The van der Waals surface area contributed by atoms with Crippen LogP contribution in [0.5, 0.6) is 0 Å². The first-order chi connectivity index (χ1) is 8.60. The molecule has 1 aromatic rings. The van der Waals surface area contributed by atoms with E-state index in [4.69, 9.17) is 4.52 Å². The van der Waals surface area contributed by atoms with Crippen LogP contribution in [-0.2, 0) is 11.4 Å². The Morgan fingerprint density at radius 3 is 3.06 bits per heavy atom. The van der Waals surface area contributed by atoms with E-state index in [0.29, 0.717) is 30.6 Å². The molecular formula is C12H21N3O2S. The number of hydrogen-bond acceptors (Lipinski definition) is 6. The van der Waals surface area contributed by atoms with E-state index < -0.39 is 5.60 Å². The van der Waals surface area contributed by atoms with E-state index in [2.05, 4.69) is 29.3 Å². The minimum atomic E-state index is -0.980. The van der Waals surface area contributed by atoms with Gasteiger partial charge in [-0.3, -0.25) is 0 Å². The Morgan fingerprint density at radius 2 is 2.39 bits per heavy atom. The van der Waals surface area contributed by atoms with Crippen LogP contribution in [-0.4, -0.2) is 34.1 Å². The zero-order chi connectivity index (χ0) is 13.0. The van der Waals surface area contributed by atoms with Gasteiger partial charge >= 0.3 is 0 Å². The van der Waals surface area contributed by atoms with Crippen LogP contribution in [0.3, 0.4) is 0 Å². The Hall–Kier alpha value is -0.590. The molecular weight excluding hydrogens is 250 g/mol. The summed E-state index contributed by atoms with van der Waals surface area (Å²) >= 11 is 1.79. The highest BCUT2D eigenvalue weighted by molar-refractivity contribution is 7.98. The number of thioether (sulfide) groups is 1. The third kappa shape index (κ3) is 3.46. The van der Waals surface area contributed by atoms with Crippen LogP contribution in [0.4, 0.5) is 0 Å². The number of nitrogens with one attached hydrogen (secondary N) is 1. The van der Waals surface area contributed by atoms with Crippen molar-refractivity contribution in [2.75, 3.05) is 18.8 Å². The first kappa shape index (κ1) is 13.8. The quantitative estimate of drug-likeness (QED) is 0.846. The molecule has 0 aliphatic carbocycles. The molecule has 1 fully saturated rings. The maximum absolute atomic E-state index is 10.4. The fourth-order valence-electron chi connectivity index (χ4n) is 1.96. The highest BCUT2D eigenvalue weighted by Crippen LogP contribution is 2.27. The maximum atomic E-state index is 10.4. The molecule has 18 heavy (non-hydrogen) atoms. The molecule has 0 radical (unpaired) electrons. The second kappa shape index (κ2) is 6.04. The predicted octanol–water partition coefficient (Wildman–Crippen LogP) is 1.53. The van der Waals surface area contributed by atoms with Crippen molar-refractivity contribution in [2.24, 2.45) is 5.92 Å². The molecule has 0 aromatic carbocycles. The molecule has 1 aliphatic rings. The summed E-state index contributed by atoms with van der Waals surface area (Å²) in [6, 6.07) is 0. The van der Waals surface area contributed by atoms with E-state index in [0.717, 1.165) is 24.5 Å². The summed E-state index contributed by atoms with van der Waals surface area (Å²) < 4.78 is 5.20. The minimum Gasteiger partial charge on any atom is -0.379 e. The summed E-state index contributed by atoms with van der Waals surface area (Å²) in [5.41, 5.74) is -0.980. The summed E-state index contributed by atoms with van der Waals surface area (Å²) in [4.78, 5) is 4.31. The zero-order valence-corrected chi connectivity index (χ0v) is 11.8. The van der Waals surface area contributed by atoms with Gasteiger partial charge in [0, 0.05) is 6.54 Å². The molecule has 0 spiro atoms. The van der Waals surface area contributed by atoms with Gasteiger partial charge in [-0.15, -0.1) is 0 Å². The first-order valence-corrected chi connectivity index (χ1v) is 7.59. The molecule has 2 heterocycles. The summed E-state index contributed by atoms with van der Waals surface area (Å²) in [6.07, 6.45) is 1.61. The summed E-state index contributed by atoms with van der Waals surface area (Å²) in [6.45, 7) is 5.80. The molecule has 0 amide bonds. The average Bonchev–Trinajstić information content (AvgIpc) is 2.79. The monoisotopic (exact) mass is 271 g/mol. The second-order valence-electron chi connectivity index (χ2n) is 5.24. The maximum Gasteiger partial charge on any atom is 0.259 e. The molecule has 1 atom stereocenters. The number of aliphatic hydroxyl groups is 1. The van der Waals surface area contributed by atoms with Gasteiger partial charge in [0.05, 0.1) is 5.75 Å². The van der Waals surface area contributed by atoms with Gasteiger partial charge in [0.15, 0.2) is 11.4 Å². The Labute approximate surface area is 112 Å². The molecule has 2 rings (SSSR count). The van der Waals surface area contributed by atoms with Gasteiger partial charge in [0.25, 0.3) is 5.89 Å². The average molecular weight is 271 g/mol. The van der Waals surface area contributed by atoms with Gasteiger partial charge in [-0.25, -0.2) is 0 Å². The lowest BCUT2D eigenvalue weighted by Crippen LogP contribution is -2.43. The third-order valence-corrected chi connectivity index (χ3v) is 4.27. The Bertz CT molecular complexity index is 375. The number of hydrogen-bond donors (Lipinski definition) is 2. The molecule has 0 saturated carbocycles. The van der Waals surface area contributed by atoms with Crippen molar-refractivity contribution in [3.63, 3.8) is 0 Å². The van der Waals surface area contributed by atoms with Crippen molar-refractivity contribution < 1.29 is 9.63 Å². The van der Waals surface area contributed by atoms with Gasteiger partial charge in [-0.05, 0) is 31.1 Å². The van der Waals surface area contributed by atoms with Crippen molar-refractivity contribution in [3.05, 3.63) is 11.7 Å². The minimum absolute atomic E-state index is 0.356. The van der Waals surface area contributed by atoms with Crippen LogP contribution >= 0.6 is 11.8 Å². The first-order valence-electron chi connectivity index (χ1n) is 6.44. The summed E-state index contributed by atoms with van der Waals surface area (Å²) in [7, 11) is 0. The number of piperidine rings is 1. The van der Waals surface area contributed by atoms with Crippen molar-refractivity contribution in [1.29, 1.82) is 0 Å². The van der Waals surface area contributed by atoms with E-state index in [1.165, 1.54) is 0 Å². The lowest BCUT2D eigenvalue weighted by molar-refractivity contribution is -0.0167. The van der Waals surface area contributed by atoms with Crippen LogP contribution < -0.4 is 5.32 Å². The van der Waals surface area contributed by atoms with Gasteiger partial charge in [0.2, 0.25) is 0 Å². The molecule has 1 saturated heterocycles. The predicted molar refractivity (Wildman–Crippen MR) is 71.3 cm³/mol. The topological polar surface area (TPSA) is 71.2 Å². The van der Waals surface area contributed by atoms with Crippen molar-refractivity contribution in [1.82, 2.24) is 15.5 Å². The number of aromatic nitrogens is 2. The van der Waals surface area contributed by atoms with Crippen LogP contribution in [0, 0.1) is 5.92 Å². The molecule has 102 valence electrons. The van der Waals surface area contributed by atoms with E-state index in [1.807, 2.05) is 0 Å². The zero-order valence-electron chi connectivity index (χ0n) is 11.0. The van der Waals surface area contributed by atoms with Crippen molar-refractivity contribution in [2.45, 2.75) is 38.0 Å². The Balaban J connectivity index is 1.92. The number of nitrogens with zero attached hydrogens (tertiary/aromatic N) is 2. The van der Waals surface area contributed by atoms with E-state index in [1.54, 1.807) is 11.8 Å². The summed E-state index contributed by atoms with van der Waals surface area (Å²) in [5.74, 6) is 3.51.